The number of nitrogens with zero attached hydrogens (tertiary/aromatic N) is 3. The number of carbonyl (C=O) groups is 1. The van der Waals surface area contributed by atoms with E-state index in [-0.39, 0.29) is 5.91 Å². The Morgan fingerprint density at radius 1 is 1.26 bits per heavy atom. The number of aryl methyl sites for hydroxylation is 2. The number of H-pyrrole nitrogens is 1. The first-order chi connectivity index (χ1) is 13.1. The van der Waals surface area contributed by atoms with E-state index in [0.717, 1.165) is 43.3 Å². The second-order valence-corrected chi connectivity index (χ2v) is 8.27. The maximum absolute atomic E-state index is 12.7. The van der Waals surface area contributed by atoms with E-state index in [1.165, 1.54) is 11.3 Å². The largest absolute Gasteiger partial charge is 0.337 e. The maximum atomic E-state index is 12.7. The number of anilines is 1. The first-order valence-corrected chi connectivity index (χ1v) is 10.1. The van der Waals surface area contributed by atoms with Crippen molar-refractivity contribution in [3.05, 3.63) is 52.3 Å². The fourth-order valence-electron chi connectivity index (χ4n) is 3.13. The molecule has 4 heterocycles. The first kappa shape index (κ1) is 16.2. The van der Waals surface area contributed by atoms with Gasteiger partial charge in [0.2, 0.25) is 0 Å². The number of imidazole rings is 1. The zero-order valence-corrected chi connectivity index (χ0v) is 16.2. The SMILES string of the molecule is Cc1nn(C)c2sc(C(=O)Nc3ccc4nc(-c5cccs5)[nH]c4c3)cc12. The summed E-state index contributed by atoms with van der Waals surface area (Å²) in [5.41, 5.74) is 3.44. The van der Waals surface area contributed by atoms with Crippen molar-refractivity contribution in [3.63, 3.8) is 0 Å². The number of hydrogen-bond donors (Lipinski definition) is 2. The minimum absolute atomic E-state index is 0.118. The van der Waals surface area contributed by atoms with Gasteiger partial charge in [-0.05, 0) is 42.6 Å². The first-order valence-electron chi connectivity index (χ1n) is 8.36. The van der Waals surface area contributed by atoms with E-state index in [0.29, 0.717) is 4.88 Å². The van der Waals surface area contributed by atoms with Crippen LogP contribution in [-0.4, -0.2) is 25.7 Å². The molecule has 27 heavy (non-hydrogen) atoms. The second-order valence-electron chi connectivity index (χ2n) is 6.29. The van der Waals surface area contributed by atoms with E-state index < -0.39 is 0 Å². The third-order valence-electron chi connectivity index (χ3n) is 4.41. The number of amides is 1. The van der Waals surface area contributed by atoms with Crippen molar-refractivity contribution in [2.24, 2.45) is 7.05 Å². The molecular formula is C19H15N5OS2. The van der Waals surface area contributed by atoms with Crippen molar-refractivity contribution in [3.8, 4) is 10.7 Å². The third-order valence-corrected chi connectivity index (χ3v) is 6.49. The molecule has 0 aliphatic rings. The van der Waals surface area contributed by atoms with Crippen LogP contribution in [0.2, 0.25) is 0 Å². The average molecular weight is 393 g/mol. The molecule has 0 saturated carbocycles. The fourth-order valence-corrected chi connectivity index (χ4v) is 4.81. The maximum Gasteiger partial charge on any atom is 0.265 e. The van der Waals surface area contributed by atoms with Gasteiger partial charge in [0.15, 0.2) is 0 Å². The van der Waals surface area contributed by atoms with E-state index in [9.17, 15) is 4.79 Å². The van der Waals surface area contributed by atoms with Crippen LogP contribution in [0.5, 0.6) is 0 Å². The monoisotopic (exact) mass is 393 g/mol. The molecule has 134 valence electrons. The minimum Gasteiger partial charge on any atom is -0.337 e. The van der Waals surface area contributed by atoms with Gasteiger partial charge in [0.05, 0.1) is 26.5 Å². The Morgan fingerprint density at radius 3 is 2.93 bits per heavy atom. The van der Waals surface area contributed by atoms with Crippen LogP contribution in [0.3, 0.4) is 0 Å². The van der Waals surface area contributed by atoms with Crippen LogP contribution < -0.4 is 5.32 Å². The fraction of sp³-hybridized carbons (Fsp3) is 0.105. The molecule has 0 aliphatic carbocycles. The highest BCUT2D eigenvalue weighted by Crippen LogP contribution is 2.29. The predicted molar refractivity (Wildman–Crippen MR) is 111 cm³/mol. The molecule has 0 atom stereocenters. The molecule has 2 N–H and O–H groups in total. The summed E-state index contributed by atoms with van der Waals surface area (Å²) in [6.45, 7) is 1.95. The lowest BCUT2D eigenvalue weighted by atomic mass is 10.2. The summed E-state index contributed by atoms with van der Waals surface area (Å²) in [6, 6.07) is 11.6. The normalized spacial score (nSPS) is 11.5. The Labute approximate surface area is 162 Å². The lowest BCUT2D eigenvalue weighted by molar-refractivity contribution is 0.103. The van der Waals surface area contributed by atoms with Gasteiger partial charge in [0.25, 0.3) is 5.91 Å². The number of carbonyl (C=O) groups excluding carboxylic acids is 1. The van der Waals surface area contributed by atoms with E-state index in [2.05, 4.69) is 20.4 Å². The highest BCUT2D eigenvalue weighted by Gasteiger charge is 2.15. The number of thiophene rings is 2. The minimum atomic E-state index is -0.118. The molecule has 0 unspecified atom stereocenters. The zero-order chi connectivity index (χ0) is 18.5. The average Bonchev–Trinajstić information content (AvgIpc) is 3.40. The zero-order valence-electron chi connectivity index (χ0n) is 14.6. The summed E-state index contributed by atoms with van der Waals surface area (Å²) in [6.07, 6.45) is 0. The molecule has 0 fully saturated rings. The smallest absolute Gasteiger partial charge is 0.265 e. The quantitative estimate of drug-likeness (QED) is 0.462. The number of hydrogen-bond acceptors (Lipinski definition) is 5. The van der Waals surface area contributed by atoms with Crippen LogP contribution in [0.4, 0.5) is 5.69 Å². The van der Waals surface area contributed by atoms with Gasteiger partial charge in [-0.25, -0.2) is 4.98 Å². The van der Waals surface area contributed by atoms with E-state index in [1.807, 2.05) is 60.4 Å². The second kappa shape index (κ2) is 6.04. The highest BCUT2D eigenvalue weighted by molar-refractivity contribution is 7.20. The molecule has 0 aliphatic heterocycles. The van der Waals surface area contributed by atoms with E-state index >= 15 is 0 Å². The Balaban J connectivity index is 1.44. The Morgan fingerprint density at radius 2 is 2.15 bits per heavy atom. The van der Waals surface area contributed by atoms with Crippen molar-refractivity contribution < 1.29 is 4.79 Å². The molecule has 1 aromatic carbocycles. The Bertz CT molecular complexity index is 1260. The molecule has 0 saturated heterocycles. The van der Waals surface area contributed by atoms with Crippen molar-refractivity contribution >= 4 is 55.5 Å². The molecule has 0 bridgehead atoms. The van der Waals surface area contributed by atoms with Gasteiger partial charge < -0.3 is 10.3 Å². The molecule has 0 spiro atoms. The summed E-state index contributed by atoms with van der Waals surface area (Å²) in [7, 11) is 1.89. The molecule has 0 radical (unpaired) electrons. The van der Waals surface area contributed by atoms with Gasteiger partial charge in [0, 0.05) is 18.1 Å². The van der Waals surface area contributed by atoms with Crippen LogP contribution in [0.15, 0.2) is 41.8 Å². The van der Waals surface area contributed by atoms with Crippen molar-refractivity contribution in [2.75, 3.05) is 5.32 Å². The third kappa shape index (κ3) is 2.73. The highest BCUT2D eigenvalue weighted by atomic mass is 32.1. The van der Waals surface area contributed by atoms with Crippen molar-refractivity contribution in [1.29, 1.82) is 0 Å². The predicted octanol–water partition coefficient (Wildman–Crippen LogP) is 4.80. The summed E-state index contributed by atoms with van der Waals surface area (Å²) >= 11 is 3.09. The molecule has 5 rings (SSSR count). The van der Waals surface area contributed by atoms with Crippen LogP contribution in [0.1, 0.15) is 15.4 Å². The molecular weight excluding hydrogens is 378 g/mol. The summed E-state index contributed by atoms with van der Waals surface area (Å²) < 4.78 is 1.81. The van der Waals surface area contributed by atoms with E-state index in [1.54, 1.807) is 11.3 Å². The molecule has 5 aromatic rings. The lowest BCUT2D eigenvalue weighted by Gasteiger charge is -2.03. The Hall–Kier alpha value is -2.97. The van der Waals surface area contributed by atoms with Crippen LogP contribution >= 0.6 is 22.7 Å². The number of aromatic nitrogens is 4. The molecule has 6 nitrogen and oxygen atoms in total. The molecule has 8 heteroatoms. The number of benzene rings is 1. The van der Waals surface area contributed by atoms with Gasteiger partial charge in [-0.3, -0.25) is 9.48 Å². The van der Waals surface area contributed by atoms with Crippen LogP contribution in [0, 0.1) is 6.92 Å². The standard InChI is InChI=1S/C19H15N5OS2/c1-10-12-9-16(27-19(12)24(2)23-10)18(25)20-11-5-6-13-14(8-11)22-17(21-13)15-4-3-7-26-15/h3-9H,1-2H3,(H,20,25)(H,21,22). The summed E-state index contributed by atoms with van der Waals surface area (Å²) in [5.74, 6) is 0.726. The number of nitrogens with one attached hydrogen (secondary N) is 2. The number of rotatable bonds is 3. The van der Waals surface area contributed by atoms with Gasteiger partial charge in [-0.2, -0.15) is 5.10 Å². The number of fused-ring (bicyclic) bond motifs is 2. The van der Waals surface area contributed by atoms with Crippen molar-refractivity contribution in [1.82, 2.24) is 19.7 Å². The van der Waals surface area contributed by atoms with Gasteiger partial charge in [0.1, 0.15) is 10.7 Å². The topological polar surface area (TPSA) is 75.6 Å². The Kier molecular flexibility index (Phi) is 3.63. The van der Waals surface area contributed by atoms with Crippen LogP contribution in [-0.2, 0) is 7.05 Å². The number of aromatic amines is 1. The lowest BCUT2D eigenvalue weighted by Crippen LogP contribution is -2.10. The van der Waals surface area contributed by atoms with E-state index in [4.69, 9.17) is 0 Å². The van der Waals surface area contributed by atoms with Gasteiger partial charge in [-0.15, -0.1) is 22.7 Å². The molecule has 4 aromatic heterocycles. The molecule has 1 amide bonds. The van der Waals surface area contributed by atoms with Gasteiger partial charge >= 0.3 is 0 Å². The van der Waals surface area contributed by atoms with Gasteiger partial charge in [-0.1, -0.05) is 6.07 Å². The summed E-state index contributed by atoms with van der Waals surface area (Å²) in [4.78, 5) is 23.4. The van der Waals surface area contributed by atoms with Crippen LogP contribution in [0.25, 0.3) is 32.0 Å². The van der Waals surface area contributed by atoms with Crippen molar-refractivity contribution in [2.45, 2.75) is 6.92 Å². The summed E-state index contributed by atoms with van der Waals surface area (Å²) in [5, 5.41) is 10.4.